The number of carbonyl (C=O) groups excluding carboxylic acids is 1. The van der Waals surface area contributed by atoms with Gasteiger partial charge in [0.15, 0.2) is 0 Å². The van der Waals surface area contributed by atoms with E-state index in [1.165, 1.54) is 34.0 Å². The Kier molecular flexibility index (Phi) is 6.83. The monoisotopic (exact) mass is 478 g/mol. The molecule has 1 aliphatic rings. The molecule has 5 rings (SSSR count). The Bertz CT molecular complexity index is 1380. The molecular weight excluding hydrogens is 448 g/mol. The van der Waals surface area contributed by atoms with Gasteiger partial charge in [0.2, 0.25) is 0 Å². The minimum Gasteiger partial charge on any atom is -0.478 e. The molecule has 1 aliphatic heterocycles. The largest absolute Gasteiger partial charge is 0.478 e. The van der Waals surface area contributed by atoms with Crippen LogP contribution in [0.15, 0.2) is 97.1 Å². The number of likely N-dealkylation sites (tertiary alicyclic amines) is 1. The average molecular weight is 479 g/mol. The molecule has 0 spiro atoms. The minimum atomic E-state index is -1.03. The van der Waals surface area contributed by atoms with Crippen LogP contribution in [0, 0.1) is 5.92 Å². The van der Waals surface area contributed by atoms with Crippen LogP contribution in [0.1, 0.15) is 50.7 Å². The Morgan fingerprint density at radius 2 is 1.58 bits per heavy atom. The Morgan fingerprint density at radius 3 is 2.39 bits per heavy atom. The Labute approximate surface area is 211 Å². The second-order valence-corrected chi connectivity index (χ2v) is 9.57. The first kappa shape index (κ1) is 23.8. The molecule has 182 valence electrons. The first-order valence-corrected chi connectivity index (χ1v) is 12.4. The molecule has 1 saturated heterocycles. The van der Waals surface area contributed by atoms with Crippen LogP contribution in [0.25, 0.3) is 10.8 Å². The molecular formula is C31H30N2O3. The van der Waals surface area contributed by atoms with Crippen LogP contribution in [-0.2, 0) is 0 Å². The predicted octanol–water partition coefficient (Wildman–Crippen LogP) is 5.74. The van der Waals surface area contributed by atoms with Crippen LogP contribution in [0.2, 0.25) is 0 Å². The van der Waals surface area contributed by atoms with Crippen LogP contribution in [0.3, 0.4) is 0 Å². The maximum atomic E-state index is 13.4. The van der Waals surface area contributed by atoms with Crippen molar-refractivity contribution in [3.63, 3.8) is 0 Å². The first-order chi connectivity index (χ1) is 17.5. The smallest absolute Gasteiger partial charge is 0.335 e. The number of carboxylic acid groups (broad SMARTS) is 1. The van der Waals surface area contributed by atoms with Gasteiger partial charge in [0, 0.05) is 37.2 Å². The Hall–Kier alpha value is -3.96. The molecule has 36 heavy (non-hydrogen) atoms. The molecule has 4 aromatic carbocycles. The minimum absolute atomic E-state index is 0.122. The van der Waals surface area contributed by atoms with Gasteiger partial charge in [-0.2, -0.15) is 0 Å². The van der Waals surface area contributed by atoms with Crippen LogP contribution in [0.5, 0.6) is 0 Å². The molecule has 5 heteroatoms. The molecule has 1 amide bonds. The lowest BCUT2D eigenvalue weighted by Crippen LogP contribution is -2.32. The lowest BCUT2D eigenvalue weighted by molar-refractivity contribution is 0.0697. The molecule has 0 radical (unpaired) electrons. The molecule has 2 unspecified atom stereocenters. The molecule has 0 aliphatic carbocycles. The quantitative estimate of drug-likeness (QED) is 0.355. The van der Waals surface area contributed by atoms with E-state index in [4.69, 9.17) is 0 Å². The van der Waals surface area contributed by atoms with Crippen LogP contribution in [-0.4, -0.2) is 41.5 Å². The van der Waals surface area contributed by atoms with Crippen LogP contribution >= 0.6 is 0 Å². The summed E-state index contributed by atoms with van der Waals surface area (Å²) in [5, 5.41) is 15.6. The standard InChI is InChI=1S/C31H30N2O3/c1-21(27-16-8-12-22-11-5-6-15-28(22)27)32-18-26-19-33(20-29(26)23-9-3-2-4-10-23)30(34)24-13-7-14-25(17-24)31(35)36/h2-17,21,26,29,32H,18-20H2,1H3,(H,35,36)/t21-,26?,29?/m1/s1. The Morgan fingerprint density at radius 1 is 0.889 bits per heavy atom. The lowest BCUT2D eigenvalue weighted by Gasteiger charge is -2.23. The van der Waals surface area contributed by atoms with Crippen molar-refractivity contribution < 1.29 is 14.7 Å². The maximum Gasteiger partial charge on any atom is 0.335 e. The summed E-state index contributed by atoms with van der Waals surface area (Å²) in [6.07, 6.45) is 0. The summed E-state index contributed by atoms with van der Waals surface area (Å²) in [4.78, 5) is 26.6. The van der Waals surface area contributed by atoms with Gasteiger partial charge in [-0.3, -0.25) is 4.79 Å². The van der Waals surface area contributed by atoms with Crippen molar-refractivity contribution in [1.82, 2.24) is 10.2 Å². The van der Waals surface area contributed by atoms with Crippen LogP contribution < -0.4 is 5.32 Å². The van der Waals surface area contributed by atoms with E-state index in [1.54, 1.807) is 12.1 Å². The molecule has 3 atom stereocenters. The van der Waals surface area contributed by atoms with Crippen LogP contribution in [0.4, 0.5) is 0 Å². The fourth-order valence-electron chi connectivity index (χ4n) is 5.36. The van der Waals surface area contributed by atoms with Crippen molar-refractivity contribution in [3.8, 4) is 0 Å². The molecule has 1 heterocycles. The van der Waals surface area contributed by atoms with Crippen molar-refractivity contribution >= 4 is 22.6 Å². The van der Waals surface area contributed by atoms with Gasteiger partial charge in [-0.25, -0.2) is 4.79 Å². The fraction of sp³-hybridized carbons (Fsp3) is 0.226. The highest BCUT2D eigenvalue weighted by atomic mass is 16.4. The number of carbonyl (C=O) groups is 2. The highest BCUT2D eigenvalue weighted by Crippen LogP contribution is 2.34. The van der Waals surface area contributed by atoms with Gasteiger partial charge in [0.25, 0.3) is 5.91 Å². The number of rotatable bonds is 7. The van der Waals surface area contributed by atoms with Gasteiger partial charge in [-0.1, -0.05) is 78.9 Å². The van der Waals surface area contributed by atoms with E-state index in [0.717, 1.165) is 6.54 Å². The number of amides is 1. The zero-order chi connectivity index (χ0) is 25.1. The highest BCUT2D eigenvalue weighted by molar-refractivity contribution is 5.97. The highest BCUT2D eigenvalue weighted by Gasteiger charge is 2.36. The second-order valence-electron chi connectivity index (χ2n) is 9.57. The number of hydrogen-bond donors (Lipinski definition) is 2. The van der Waals surface area contributed by atoms with Crippen molar-refractivity contribution in [1.29, 1.82) is 0 Å². The van der Waals surface area contributed by atoms with E-state index in [0.29, 0.717) is 18.7 Å². The summed E-state index contributed by atoms with van der Waals surface area (Å²) in [6, 6.07) is 31.7. The molecule has 5 nitrogen and oxygen atoms in total. The number of benzene rings is 4. The molecule has 0 aromatic heterocycles. The fourth-order valence-corrected chi connectivity index (χ4v) is 5.36. The number of carboxylic acids is 1. The number of fused-ring (bicyclic) bond motifs is 1. The molecule has 0 saturated carbocycles. The summed E-state index contributed by atoms with van der Waals surface area (Å²) in [5.74, 6) is -0.720. The SMILES string of the molecule is C[C@@H](NCC1CN(C(=O)c2cccc(C(=O)O)c2)CC1c1ccccc1)c1cccc2ccccc12. The van der Waals surface area contributed by atoms with Crippen molar-refractivity contribution in [2.24, 2.45) is 5.92 Å². The summed E-state index contributed by atoms with van der Waals surface area (Å²) >= 11 is 0. The van der Waals surface area contributed by atoms with E-state index < -0.39 is 5.97 Å². The summed E-state index contributed by atoms with van der Waals surface area (Å²) < 4.78 is 0. The molecule has 1 fully saturated rings. The maximum absolute atomic E-state index is 13.4. The lowest BCUT2D eigenvalue weighted by atomic mass is 9.88. The number of nitrogens with zero attached hydrogens (tertiary/aromatic N) is 1. The van der Waals surface area contributed by atoms with E-state index in [9.17, 15) is 14.7 Å². The normalized spacial score (nSPS) is 18.3. The van der Waals surface area contributed by atoms with Crippen molar-refractivity contribution in [2.45, 2.75) is 18.9 Å². The van der Waals surface area contributed by atoms with Gasteiger partial charge >= 0.3 is 5.97 Å². The summed E-state index contributed by atoms with van der Waals surface area (Å²) in [5.41, 5.74) is 3.03. The molecule has 2 N–H and O–H groups in total. The van der Waals surface area contributed by atoms with Gasteiger partial charge < -0.3 is 15.3 Å². The van der Waals surface area contributed by atoms with Gasteiger partial charge in [0.05, 0.1) is 5.56 Å². The molecule has 0 bridgehead atoms. The predicted molar refractivity (Wildman–Crippen MR) is 142 cm³/mol. The first-order valence-electron chi connectivity index (χ1n) is 12.4. The third-order valence-corrected chi connectivity index (χ3v) is 7.29. The van der Waals surface area contributed by atoms with E-state index in [-0.39, 0.29) is 29.3 Å². The zero-order valence-electron chi connectivity index (χ0n) is 20.3. The van der Waals surface area contributed by atoms with E-state index >= 15 is 0 Å². The number of aromatic carboxylic acids is 1. The van der Waals surface area contributed by atoms with E-state index in [2.05, 4.69) is 66.8 Å². The third-order valence-electron chi connectivity index (χ3n) is 7.29. The number of nitrogens with one attached hydrogen (secondary N) is 1. The summed E-state index contributed by atoms with van der Waals surface area (Å²) in [7, 11) is 0. The zero-order valence-corrected chi connectivity index (χ0v) is 20.3. The van der Waals surface area contributed by atoms with Crippen molar-refractivity contribution in [2.75, 3.05) is 19.6 Å². The van der Waals surface area contributed by atoms with E-state index in [1.807, 2.05) is 23.1 Å². The summed E-state index contributed by atoms with van der Waals surface area (Å²) in [6.45, 7) is 4.18. The second kappa shape index (κ2) is 10.3. The van der Waals surface area contributed by atoms with Gasteiger partial charge in [-0.15, -0.1) is 0 Å². The topological polar surface area (TPSA) is 69.6 Å². The number of hydrogen-bond acceptors (Lipinski definition) is 3. The van der Waals surface area contributed by atoms with Gasteiger partial charge in [-0.05, 0) is 52.9 Å². The third kappa shape index (κ3) is 4.88. The Balaban J connectivity index is 1.36. The average Bonchev–Trinajstić information content (AvgIpc) is 3.36. The molecule has 4 aromatic rings. The van der Waals surface area contributed by atoms with Gasteiger partial charge in [0.1, 0.15) is 0 Å². The van der Waals surface area contributed by atoms with Crippen molar-refractivity contribution in [3.05, 3.63) is 119 Å².